The Balaban J connectivity index is 0.00000144. The fraction of sp³-hybridized carbons (Fsp3) is 0.375. The lowest BCUT2D eigenvalue weighted by Gasteiger charge is -1.93. The third-order valence-electron chi connectivity index (χ3n) is 1.44. The van der Waals surface area contributed by atoms with Crippen molar-refractivity contribution in [3.05, 3.63) is 24.5 Å². The van der Waals surface area contributed by atoms with Gasteiger partial charge >= 0.3 is 5.97 Å². The first-order chi connectivity index (χ1) is 5.83. The number of hydrogen-bond donors (Lipinski definition) is 0. The topological polar surface area (TPSA) is 43.1 Å². The molecule has 0 radical (unpaired) electrons. The summed E-state index contributed by atoms with van der Waals surface area (Å²) in [7, 11) is 1.38. The molecule has 13 heavy (non-hydrogen) atoms. The minimum Gasteiger partial charge on any atom is -1.00 e. The number of rotatable bonds is 3. The van der Waals surface area contributed by atoms with Gasteiger partial charge in [0, 0.05) is 6.07 Å². The second kappa shape index (κ2) is 6.37. The standard InChI is InChI=1S/C8H11N2O2.ClH/c1-12-8(11)4-7-10-6-3-2-5-9-10;/h2-3,5-6H,4,7H2,1H3;1H/q+1;/p-1. The van der Waals surface area contributed by atoms with E-state index in [0.717, 1.165) is 0 Å². The minimum atomic E-state index is -0.215. The van der Waals surface area contributed by atoms with E-state index in [4.69, 9.17) is 0 Å². The lowest BCUT2D eigenvalue weighted by Crippen LogP contribution is -3.00. The molecule has 0 bridgehead atoms. The van der Waals surface area contributed by atoms with Crippen LogP contribution < -0.4 is 17.1 Å². The molecular weight excluding hydrogens is 192 g/mol. The van der Waals surface area contributed by atoms with E-state index < -0.39 is 0 Å². The highest BCUT2D eigenvalue weighted by Crippen LogP contribution is 1.82. The predicted molar refractivity (Wildman–Crippen MR) is 41.1 cm³/mol. The molecule has 0 aromatic carbocycles. The molecular formula is C8H11ClN2O2. The van der Waals surface area contributed by atoms with Gasteiger partial charge in [-0.25, -0.2) is 0 Å². The summed E-state index contributed by atoms with van der Waals surface area (Å²) in [5.74, 6) is -0.215. The largest absolute Gasteiger partial charge is 1.00 e. The smallest absolute Gasteiger partial charge is 0.312 e. The summed E-state index contributed by atoms with van der Waals surface area (Å²) in [6.45, 7) is 0.563. The number of aryl methyl sites for hydroxylation is 1. The SMILES string of the molecule is COC(=O)CC[n+]1ccccn1.[Cl-]. The van der Waals surface area contributed by atoms with Crippen molar-refractivity contribution in [3.63, 3.8) is 0 Å². The van der Waals surface area contributed by atoms with Gasteiger partial charge in [-0.05, 0) is 11.2 Å². The number of carbonyl (C=O) groups is 1. The number of carbonyl (C=O) groups excluding carboxylic acids is 1. The zero-order valence-electron chi connectivity index (χ0n) is 7.31. The number of esters is 1. The Kier molecular flexibility index (Phi) is 5.80. The number of halogens is 1. The predicted octanol–water partition coefficient (Wildman–Crippen LogP) is -3.06. The van der Waals surface area contributed by atoms with Gasteiger partial charge in [0.25, 0.3) is 0 Å². The molecule has 0 unspecified atom stereocenters. The van der Waals surface area contributed by atoms with Crippen LogP contribution in [0.1, 0.15) is 6.42 Å². The van der Waals surface area contributed by atoms with Crippen LogP contribution in [0.2, 0.25) is 0 Å². The molecule has 0 saturated carbocycles. The molecule has 0 spiro atoms. The highest BCUT2D eigenvalue weighted by Gasteiger charge is 2.05. The fourth-order valence-electron chi connectivity index (χ4n) is 0.802. The molecule has 1 heterocycles. The number of nitrogens with zero attached hydrogens (tertiary/aromatic N) is 2. The van der Waals surface area contributed by atoms with Gasteiger partial charge in [-0.15, -0.1) is 0 Å². The lowest BCUT2D eigenvalue weighted by molar-refractivity contribution is -0.753. The molecule has 0 saturated heterocycles. The van der Waals surface area contributed by atoms with Crippen LogP contribution in [0.4, 0.5) is 0 Å². The van der Waals surface area contributed by atoms with Crippen molar-refractivity contribution in [2.75, 3.05) is 7.11 Å². The van der Waals surface area contributed by atoms with Gasteiger partial charge in [0.05, 0.1) is 13.3 Å². The first-order valence-electron chi connectivity index (χ1n) is 3.70. The molecule has 0 amide bonds. The number of hydrogen-bond acceptors (Lipinski definition) is 3. The van der Waals surface area contributed by atoms with Crippen LogP contribution in [0.25, 0.3) is 0 Å². The molecule has 0 aliphatic heterocycles. The molecule has 0 aliphatic rings. The Morgan fingerprint density at radius 1 is 1.54 bits per heavy atom. The summed E-state index contributed by atoms with van der Waals surface area (Å²) in [6, 6.07) is 3.69. The summed E-state index contributed by atoms with van der Waals surface area (Å²) < 4.78 is 6.18. The molecule has 0 aliphatic carbocycles. The van der Waals surface area contributed by atoms with E-state index in [-0.39, 0.29) is 18.4 Å². The van der Waals surface area contributed by atoms with Gasteiger partial charge in [-0.1, -0.05) is 4.68 Å². The van der Waals surface area contributed by atoms with Crippen molar-refractivity contribution in [2.24, 2.45) is 0 Å². The summed E-state index contributed by atoms with van der Waals surface area (Å²) in [6.07, 6.45) is 3.85. The Morgan fingerprint density at radius 3 is 2.85 bits per heavy atom. The second-order valence-corrected chi connectivity index (χ2v) is 2.29. The summed E-state index contributed by atoms with van der Waals surface area (Å²) in [5, 5.41) is 3.99. The van der Waals surface area contributed by atoms with Crippen molar-refractivity contribution in [1.82, 2.24) is 5.10 Å². The quantitative estimate of drug-likeness (QED) is 0.386. The van der Waals surface area contributed by atoms with E-state index in [0.29, 0.717) is 13.0 Å². The van der Waals surface area contributed by atoms with Crippen LogP contribution in [0.5, 0.6) is 0 Å². The molecule has 0 fully saturated rings. The maximum Gasteiger partial charge on any atom is 0.312 e. The van der Waals surface area contributed by atoms with Gasteiger partial charge in [0.2, 0.25) is 0 Å². The monoisotopic (exact) mass is 202 g/mol. The van der Waals surface area contributed by atoms with Crippen LogP contribution in [-0.4, -0.2) is 18.2 Å². The van der Waals surface area contributed by atoms with Crippen molar-refractivity contribution >= 4 is 5.97 Å². The van der Waals surface area contributed by atoms with Gasteiger partial charge in [0.1, 0.15) is 6.42 Å². The average Bonchev–Trinajstić information content (AvgIpc) is 2.16. The molecule has 0 atom stereocenters. The molecule has 72 valence electrons. The third-order valence-corrected chi connectivity index (χ3v) is 1.44. The highest BCUT2D eigenvalue weighted by atomic mass is 35.5. The van der Waals surface area contributed by atoms with E-state index in [1.165, 1.54) is 7.11 Å². The second-order valence-electron chi connectivity index (χ2n) is 2.29. The van der Waals surface area contributed by atoms with E-state index in [9.17, 15) is 4.79 Å². The Labute approximate surface area is 82.9 Å². The first-order valence-corrected chi connectivity index (χ1v) is 3.70. The normalized spacial score (nSPS) is 8.69. The van der Waals surface area contributed by atoms with Crippen LogP contribution in [-0.2, 0) is 16.1 Å². The maximum atomic E-state index is 10.7. The van der Waals surface area contributed by atoms with Crippen molar-refractivity contribution in [3.8, 4) is 0 Å². The maximum absolute atomic E-state index is 10.7. The number of aromatic nitrogens is 2. The van der Waals surface area contributed by atoms with Gasteiger partial charge in [0.15, 0.2) is 12.7 Å². The van der Waals surface area contributed by atoms with E-state index in [2.05, 4.69) is 9.84 Å². The van der Waals surface area contributed by atoms with Crippen LogP contribution in [0.3, 0.4) is 0 Å². The summed E-state index contributed by atoms with van der Waals surface area (Å²) in [4.78, 5) is 10.7. The van der Waals surface area contributed by atoms with Crippen molar-refractivity contribution in [2.45, 2.75) is 13.0 Å². The lowest BCUT2D eigenvalue weighted by atomic mass is 10.4. The number of methoxy groups -OCH3 is 1. The van der Waals surface area contributed by atoms with Gasteiger partial charge in [-0.3, -0.25) is 4.79 Å². The highest BCUT2D eigenvalue weighted by molar-refractivity contribution is 5.68. The van der Waals surface area contributed by atoms with Gasteiger partial charge < -0.3 is 17.1 Å². The molecule has 1 aromatic rings. The number of ether oxygens (including phenoxy) is 1. The van der Waals surface area contributed by atoms with E-state index in [1.807, 2.05) is 18.3 Å². The third kappa shape index (κ3) is 4.42. The first kappa shape index (κ1) is 11.8. The van der Waals surface area contributed by atoms with Crippen molar-refractivity contribution in [1.29, 1.82) is 0 Å². The molecule has 1 rings (SSSR count). The fourth-order valence-corrected chi connectivity index (χ4v) is 0.802. The zero-order chi connectivity index (χ0) is 8.81. The zero-order valence-corrected chi connectivity index (χ0v) is 8.07. The summed E-state index contributed by atoms with van der Waals surface area (Å²) in [5.41, 5.74) is 0. The Hall–Kier alpha value is -1.16. The Bertz CT molecular complexity index is 254. The molecule has 0 N–H and O–H groups in total. The Morgan fingerprint density at radius 2 is 2.31 bits per heavy atom. The van der Waals surface area contributed by atoms with Gasteiger partial charge in [-0.2, -0.15) is 0 Å². The minimum absolute atomic E-state index is 0. The molecule has 4 nitrogen and oxygen atoms in total. The van der Waals surface area contributed by atoms with Crippen LogP contribution in [0.15, 0.2) is 24.5 Å². The summed E-state index contributed by atoms with van der Waals surface area (Å²) >= 11 is 0. The molecule has 1 aromatic heterocycles. The van der Waals surface area contributed by atoms with E-state index >= 15 is 0 Å². The van der Waals surface area contributed by atoms with Crippen molar-refractivity contribution < 1.29 is 26.6 Å². The average molecular weight is 203 g/mol. The van der Waals surface area contributed by atoms with Crippen LogP contribution >= 0.6 is 0 Å². The van der Waals surface area contributed by atoms with Crippen LogP contribution in [0, 0.1) is 0 Å². The molecule has 5 heteroatoms. The van der Waals surface area contributed by atoms with E-state index in [1.54, 1.807) is 10.9 Å².